The summed E-state index contributed by atoms with van der Waals surface area (Å²) >= 11 is 1.59. The zero-order valence-electron chi connectivity index (χ0n) is 9.85. The molecular formula is C12H12N4OS. The van der Waals surface area contributed by atoms with Gasteiger partial charge in [0.05, 0.1) is 24.4 Å². The molecule has 18 heavy (non-hydrogen) atoms. The normalized spacial score (nSPS) is 14.4. The Bertz CT molecular complexity index is 694. The zero-order valence-corrected chi connectivity index (χ0v) is 10.7. The highest BCUT2D eigenvalue weighted by Gasteiger charge is 2.20. The number of nitrogens with zero attached hydrogens (tertiary/aromatic N) is 4. The molecule has 0 radical (unpaired) electrons. The molecule has 0 amide bonds. The number of hydrogen-bond donors (Lipinski definition) is 0. The zero-order chi connectivity index (χ0) is 12.5. The summed E-state index contributed by atoms with van der Waals surface area (Å²) < 4.78 is 1.31. The van der Waals surface area contributed by atoms with Gasteiger partial charge in [-0.1, -0.05) is 5.21 Å². The van der Waals surface area contributed by atoms with Gasteiger partial charge in [0.2, 0.25) is 0 Å². The summed E-state index contributed by atoms with van der Waals surface area (Å²) in [6.07, 6.45) is 4.63. The van der Waals surface area contributed by atoms with Gasteiger partial charge in [-0.15, -0.1) is 16.4 Å². The molecule has 0 unspecified atom stereocenters. The minimum absolute atomic E-state index is 0.0883. The number of nitriles is 1. The molecule has 0 spiro atoms. The van der Waals surface area contributed by atoms with Gasteiger partial charge < -0.3 is 0 Å². The molecule has 2 aromatic rings. The standard InChI is InChI=1S/C12H12N4OS/c13-6-3-7-16-12(17)10-8-4-1-2-5-9(8)18-11(10)14-15-16/h1-5,7H2. The first-order valence-corrected chi connectivity index (χ1v) is 6.88. The molecule has 0 bridgehead atoms. The van der Waals surface area contributed by atoms with Crippen molar-refractivity contribution < 1.29 is 0 Å². The number of thiophene rings is 1. The van der Waals surface area contributed by atoms with E-state index in [0.717, 1.165) is 29.5 Å². The Hall–Kier alpha value is -1.74. The van der Waals surface area contributed by atoms with E-state index < -0.39 is 0 Å². The van der Waals surface area contributed by atoms with E-state index in [2.05, 4.69) is 10.3 Å². The second-order valence-corrected chi connectivity index (χ2v) is 5.50. The van der Waals surface area contributed by atoms with E-state index in [0.29, 0.717) is 6.54 Å². The van der Waals surface area contributed by atoms with E-state index in [4.69, 9.17) is 5.26 Å². The quantitative estimate of drug-likeness (QED) is 0.823. The average molecular weight is 260 g/mol. The van der Waals surface area contributed by atoms with Crippen LogP contribution >= 0.6 is 11.3 Å². The van der Waals surface area contributed by atoms with Crippen molar-refractivity contribution in [1.82, 2.24) is 15.0 Å². The van der Waals surface area contributed by atoms with Crippen LogP contribution < -0.4 is 5.56 Å². The van der Waals surface area contributed by atoms with Gasteiger partial charge in [0.1, 0.15) is 0 Å². The molecule has 0 fully saturated rings. The summed E-state index contributed by atoms with van der Waals surface area (Å²) in [6.45, 7) is 0.322. The molecule has 0 aliphatic heterocycles. The second-order valence-electron chi connectivity index (χ2n) is 4.42. The lowest BCUT2D eigenvalue weighted by Crippen LogP contribution is -2.24. The van der Waals surface area contributed by atoms with Crippen molar-refractivity contribution in [2.75, 3.05) is 0 Å². The van der Waals surface area contributed by atoms with Crippen molar-refractivity contribution in [1.29, 1.82) is 5.26 Å². The van der Waals surface area contributed by atoms with Gasteiger partial charge in [-0.25, -0.2) is 4.68 Å². The lowest BCUT2D eigenvalue weighted by Gasteiger charge is -2.09. The smallest absolute Gasteiger partial charge is 0.267 e. The van der Waals surface area contributed by atoms with Crippen LogP contribution in [-0.2, 0) is 19.4 Å². The van der Waals surface area contributed by atoms with Crippen molar-refractivity contribution in [2.45, 2.75) is 38.6 Å². The third-order valence-corrected chi connectivity index (χ3v) is 4.46. The third-order valence-electron chi connectivity index (χ3n) is 3.28. The molecular weight excluding hydrogens is 248 g/mol. The molecule has 1 aliphatic carbocycles. The highest BCUT2D eigenvalue weighted by molar-refractivity contribution is 7.18. The predicted octanol–water partition coefficient (Wildman–Crippen LogP) is 1.65. The Kier molecular flexibility index (Phi) is 2.84. The molecule has 0 aromatic carbocycles. The average Bonchev–Trinajstić information content (AvgIpc) is 2.77. The van der Waals surface area contributed by atoms with Crippen molar-refractivity contribution in [3.8, 4) is 6.07 Å². The molecule has 92 valence electrons. The fourth-order valence-electron chi connectivity index (χ4n) is 2.41. The second kappa shape index (κ2) is 4.50. The Morgan fingerprint density at radius 1 is 1.39 bits per heavy atom. The van der Waals surface area contributed by atoms with Crippen LogP contribution in [0.2, 0.25) is 0 Å². The minimum Gasteiger partial charge on any atom is -0.267 e. The number of aromatic nitrogens is 3. The minimum atomic E-state index is -0.0883. The maximum absolute atomic E-state index is 12.3. The Balaban J connectivity index is 2.18. The van der Waals surface area contributed by atoms with Crippen LogP contribution in [0.3, 0.4) is 0 Å². The lowest BCUT2D eigenvalue weighted by molar-refractivity contribution is 0.559. The van der Waals surface area contributed by atoms with E-state index in [9.17, 15) is 4.79 Å². The molecule has 1 aliphatic rings. The highest BCUT2D eigenvalue weighted by atomic mass is 32.1. The number of hydrogen-bond acceptors (Lipinski definition) is 5. The largest absolute Gasteiger partial charge is 0.278 e. The lowest BCUT2D eigenvalue weighted by atomic mass is 9.97. The molecule has 2 aromatic heterocycles. The van der Waals surface area contributed by atoms with Crippen LogP contribution in [0.5, 0.6) is 0 Å². The number of rotatable bonds is 2. The summed E-state index contributed by atoms with van der Waals surface area (Å²) in [6, 6.07) is 2.02. The summed E-state index contributed by atoms with van der Waals surface area (Å²) in [4.78, 5) is 14.4. The fraction of sp³-hybridized carbons (Fsp3) is 0.500. The Morgan fingerprint density at radius 2 is 2.22 bits per heavy atom. The van der Waals surface area contributed by atoms with Gasteiger partial charge >= 0.3 is 0 Å². The predicted molar refractivity (Wildman–Crippen MR) is 68.5 cm³/mol. The molecule has 0 saturated carbocycles. The summed E-state index contributed by atoms with van der Waals surface area (Å²) in [7, 11) is 0. The van der Waals surface area contributed by atoms with Crippen LogP contribution in [0, 0.1) is 11.3 Å². The molecule has 0 atom stereocenters. The summed E-state index contributed by atoms with van der Waals surface area (Å²) in [5.41, 5.74) is 1.08. The SMILES string of the molecule is N#CCCn1nnc2sc3c(c2c1=O)CCCC3. The van der Waals surface area contributed by atoms with Crippen LogP contribution in [-0.4, -0.2) is 15.0 Å². The first-order chi connectivity index (χ1) is 8.81. The molecule has 0 saturated heterocycles. The molecule has 6 heteroatoms. The molecule has 5 nitrogen and oxygen atoms in total. The van der Waals surface area contributed by atoms with Crippen LogP contribution in [0.1, 0.15) is 29.7 Å². The van der Waals surface area contributed by atoms with Gasteiger partial charge in [-0.3, -0.25) is 4.79 Å². The first kappa shape index (κ1) is 11.4. The van der Waals surface area contributed by atoms with Crippen LogP contribution in [0.15, 0.2) is 4.79 Å². The van der Waals surface area contributed by atoms with E-state index in [1.54, 1.807) is 11.3 Å². The van der Waals surface area contributed by atoms with Crippen molar-refractivity contribution >= 4 is 21.6 Å². The summed E-state index contributed by atoms with van der Waals surface area (Å²) in [5, 5.41) is 17.3. The maximum Gasteiger partial charge on any atom is 0.278 e. The fourth-order valence-corrected chi connectivity index (χ4v) is 3.61. The number of aryl methyl sites for hydroxylation is 3. The van der Waals surface area contributed by atoms with Crippen molar-refractivity contribution in [3.63, 3.8) is 0 Å². The van der Waals surface area contributed by atoms with E-state index in [1.807, 2.05) is 6.07 Å². The van der Waals surface area contributed by atoms with Crippen molar-refractivity contribution in [2.24, 2.45) is 0 Å². The highest BCUT2D eigenvalue weighted by Crippen LogP contribution is 2.32. The Labute approximate surface area is 108 Å². The van der Waals surface area contributed by atoms with E-state index >= 15 is 0 Å². The monoisotopic (exact) mass is 260 g/mol. The van der Waals surface area contributed by atoms with Gasteiger partial charge in [0.15, 0.2) is 4.83 Å². The molecule has 3 rings (SSSR count). The van der Waals surface area contributed by atoms with Gasteiger partial charge in [0.25, 0.3) is 5.56 Å². The topological polar surface area (TPSA) is 71.6 Å². The van der Waals surface area contributed by atoms with Crippen LogP contribution in [0.4, 0.5) is 0 Å². The summed E-state index contributed by atoms with van der Waals surface area (Å²) in [5.74, 6) is 0. The third kappa shape index (κ3) is 1.71. The molecule has 0 N–H and O–H groups in total. The number of fused-ring (bicyclic) bond motifs is 3. The van der Waals surface area contributed by atoms with Gasteiger partial charge in [0, 0.05) is 4.88 Å². The van der Waals surface area contributed by atoms with Crippen molar-refractivity contribution in [3.05, 3.63) is 20.8 Å². The van der Waals surface area contributed by atoms with Gasteiger partial charge in [-0.05, 0) is 31.2 Å². The van der Waals surface area contributed by atoms with E-state index in [-0.39, 0.29) is 12.0 Å². The maximum atomic E-state index is 12.3. The van der Waals surface area contributed by atoms with E-state index in [1.165, 1.54) is 21.5 Å². The molecule has 2 heterocycles. The first-order valence-electron chi connectivity index (χ1n) is 6.06. The van der Waals surface area contributed by atoms with Crippen LogP contribution in [0.25, 0.3) is 10.2 Å². The van der Waals surface area contributed by atoms with Gasteiger partial charge in [-0.2, -0.15) is 5.26 Å². The Morgan fingerprint density at radius 3 is 3.06 bits per heavy atom.